The van der Waals surface area contributed by atoms with Crippen LogP contribution in [0.4, 0.5) is 5.69 Å². The zero-order valence-corrected chi connectivity index (χ0v) is 14.6. The number of para-hydroxylation sites is 1. The number of aryl methyl sites for hydroxylation is 1. The van der Waals surface area contributed by atoms with Gasteiger partial charge in [-0.2, -0.15) is 0 Å². The summed E-state index contributed by atoms with van der Waals surface area (Å²) >= 11 is 1.78. The number of fused-ring (bicyclic) bond motifs is 2. The van der Waals surface area contributed by atoms with E-state index >= 15 is 0 Å². The molecule has 0 radical (unpaired) electrons. The maximum absolute atomic E-state index is 6.08. The standard InChI is InChI=1S/C20H18N2OS/c1-3-22-17-6-4-5-7-19(17)24-20(22)12-15-10-13(2)16-9-8-14(21)11-18(16)23-15/h4-12,21H,3H2,1-2H3/p+1/b20-12+,21-14?. The summed E-state index contributed by atoms with van der Waals surface area (Å²) in [5.74, 6) is 1.67. The largest absolute Gasteiger partial charge is 0.456 e. The quantitative estimate of drug-likeness (QED) is 0.781. The lowest BCUT2D eigenvalue weighted by Gasteiger charge is -2.18. The molecule has 1 aliphatic carbocycles. The third-order valence-electron chi connectivity index (χ3n) is 4.24. The summed E-state index contributed by atoms with van der Waals surface area (Å²) < 4.78 is 6.08. The molecule has 0 spiro atoms. The lowest BCUT2D eigenvalue weighted by atomic mass is 10.0. The lowest BCUT2D eigenvalue weighted by Crippen LogP contribution is -2.44. The molecule has 3 aliphatic rings. The monoisotopic (exact) mass is 335 g/mol. The molecule has 3 nitrogen and oxygen atoms in total. The summed E-state index contributed by atoms with van der Waals surface area (Å²) in [7, 11) is 0. The minimum atomic E-state index is 0.716. The van der Waals surface area contributed by atoms with Gasteiger partial charge in [-0.1, -0.05) is 23.9 Å². The summed E-state index contributed by atoms with van der Waals surface area (Å²) in [6.45, 7) is 5.19. The molecule has 2 N–H and O–H groups in total. The molecule has 120 valence electrons. The second-order valence-electron chi connectivity index (χ2n) is 5.88. The summed E-state index contributed by atoms with van der Waals surface area (Å²) in [6.07, 6.45) is 2.11. The van der Waals surface area contributed by atoms with Crippen molar-refractivity contribution in [3.8, 4) is 11.3 Å². The molecule has 0 saturated carbocycles. The Morgan fingerprint density at radius 2 is 2.00 bits per heavy atom. The van der Waals surface area contributed by atoms with Gasteiger partial charge < -0.3 is 9.32 Å². The molecule has 0 amide bonds. The minimum Gasteiger partial charge on any atom is -0.456 e. The first kappa shape index (κ1) is 15.1. The maximum Gasteiger partial charge on any atom is 0.200 e. The van der Waals surface area contributed by atoms with Crippen LogP contribution in [0.5, 0.6) is 0 Å². The van der Waals surface area contributed by atoms with E-state index in [0.29, 0.717) is 5.36 Å². The van der Waals surface area contributed by atoms with E-state index in [1.165, 1.54) is 21.2 Å². The van der Waals surface area contributed by atoms with Crippen LogP contribution < -0.4 is 15.7 Å². The van der Waals surface area contributed by atoms with Crippen LogP contribution in [-0.4, -0.2) is 6.54 Å². The van der Waals surface area contributed by atoms with Gasteiger partial charge in [0.15, 0.2) is 5.36 Å². The van der Waals surface area contributed by atoms with Crippen molar-refractivity contribution >= 4 is 23.5 Å². The highest BCUT2D eigenvalue weighted by atomic mass is 32.2. The van der Waals surface area contributed by atoms with Crippen LogP contribution in [0.25, 0.3) is 17.4 Å². The molecule has 0 fully saturated rings. The summed E-state index contributed by atoms with van der Waals surface area (Å²) in [6, 6.07) is 16.4. The molecule has 2 aliphatic heterocycles. The number of nitrogens with zero attached hydrogens (tertiary/aromatic N) is 1. The van der Waals surface area contributed by atoms with Crippen LogP contribution in [0.3, 0.4) is 0 Å². The third-order valence-corrected chi connectivity index (χ3v) is 5.35. The van der Waals surface area contributed by atoms with Crippen molar-refractivity contribution in [3.05, 3.63) is 70.2 Å². The number of hydrogen-bond acceptors (Lipinski definition) is 3. The Morgan fingerprint density at radius 3 is 2.83 bits per heavy atom. The van der Waals surface area contributed by atoms with E-state index < -0.39 is 0 Å². The fraction of sp³-hybridized carbons (Fsp3) is 0.150. The highest BCUT2D eigenvalue weighted by Crippen LogP contribution is 2.46. The average Bonchev–Trinajstić information content (AvgIpc) is 2.91. The zero-order valence-electron chi connectivity index (χ0n) is 13.7. The molecule has 0 aromatic heterocycles. The number of anilines is 1. The van der Waals surface area contributed by atoms with E-state index in [1.54, 1.807) is 11.8 Å². The smallest absolute Gasteiger partial charge is 0.200 e. The second kappa shape index (κ2) is 5.87. The molecule has 2 heterocycles. The molecule has 1 aromatic rings. The molecule has 4 rings (SSSR count). The highest BCUT2D eigenvalue weighted by Gasteiger charge is 2.23. The van der Waals surface area contributed by atoms with Gasteiger partial charge in [-0.25, -0.2) is 0 Å². The van der Waals surface area contributed by atoms with Gasteiger partial charge in [0.1, 0.15) is 11.5 Å². The van der Waals surface area contributed by atoms with Gasteiger partial charge in [-0.15, -0.1) is 0 Å². The van der Waals surface area contributed by atoms with Crippen LogP contribution in [0, 0.1) is 6.92 Å². The van der Waals surface area contributed by atoms with Crippen LogP contribution >= 0.6 is 11.8 Å². The van der Waals surface area contributed by atoms with Crippen molar-refractivity contribution in [2.24, 2.45) is 0 Å². The van der Waals surface area contributed by atoms with Gasteiger partial charge in [0.25, 0.3) is 0 Å². The Morgan fingerprint density at radius 1 is 1.17 bits per heavy atom. The van der Waals surface area contributed by atoms with Crippen LogP contribution in [0.2, 0.25) is 0 Å². The van der Waals surface area contributed by atoms with E-state index in [2.05, 4.69) is 55.2 Å². The second-order valence-corrected chi connectivity index (χ2v) is 6.95. The number of hydrogen-bond donors (Lipinski definition) is 1. The SMILES string of the molecule is CCN1/C(=C\c2cc(C)c3ccc(=[NH2+])cc-3o2)Sc2ccccc21. The number of benzene rings is 2. The van der Waals surface area contributed by atoms with E-state index in [0.717, 1.165) is 23.6 Å². The molecular formula is C20H19N2OS+. The van der Waals surface area contributed by atoms with Crippen molar-refractivity contribution < 1.29 is 9.83 Å². The summed E-state index contributed by atoms with van der Waals surface area (Å²) in [5, 5.41) is 7.80. The van der Waals surface area contributed by atoms with Crippen molar-refractivity contribution in [1.29, 1.82) is 0 Å². The van der Waals surface area contributed by atoms with Gasteiger partial charge in [-0.3, -0.25) is 5.41 Å². The zero-order chi connectivity index (χ0) is 16.7. The first-order chi connectivity index (χ1) is 11.7. The van der Waals surface area contributed by atoms with Crippen LogP contribution in [0.1, 0.15) is 18.2 Å². The molecule has 0 saturated heterocycles. The predicted molar refractivity (Wildman–Crippen MR) is 98.4 cm³/mol. The Bertz CT molecular complexity index is 973. The summed E-state index contributed by atoms with van der Waals surface area (Å²) in [5.41, 5.74) is 3.55. The fourth-order valence-electron chi connectivity index (χ4n) is 3.08. The first-order valence-corrected chi connectivity index (χ1v) is 8.86. The van der Waals surface area contributed by atoms with E-state index in [-0.39, 0.29) is 0 Å². The van der Waals surface area contributed by atoms with Crippen molar-refractivity contribution in [3.63, 3.8) is 0 Å². The number of nitrogens with two attached hydrogens (primary N) is 1. The molecule has 0 atom stereocenters. The number of thioether (sulfide) groups is 1. The Hall–Kier alpha value is -2.46. The van der Waals surface area contributed by atoms with Crippen molar-refractivity contribution in [2.75, 3.05) is 11.4 Å². The van der Waals surface area contributed by atoms with Crippen molar-refractivity contribution in [2.45, 2.75) is 18.7 Å². The Balaban J connectivity index is 1.81. The molecule has 24 heavy (non-hydrogen) atoms. The Kier molecular flexibility index (Phi) is 3.69. The van der Waals surface area contributed by atoms with Crippen molar-refractivity contribution in [1.82, 2.24) is 0 Å². The van der Waals surface area contributed by atoms with Gasteiger partial charge in [0.2, 0.25) is 0 Å². The molecule has 1 aromatic carbocycles. The molecular weight excluding hydrogens is 316 g/mol. The minimum absolute atomic E-state index is 0.716. The van der Waals surface area contributed by atoms with Gasteiger partial charge in [0.05, 0.1) is 16.8 Å². The average molecular weight is 335 g/mol. The van der Waals surface area contributed by atoms with E-state index in [1.807, 2.05) is 18.2 Å². The molecule has 4 heteroatoms. The lowest BCUT2D eigenvalue weighted by molar-refractivity contribution is -0.172. The number of rotatable bonds is 2. The predicted octanol–water partition coefficient (Wildman–Crippen LogP) is 3.28. The van der Waals surface area contributed by atoms with Crippen LogP contribution in [0.15, 0.2) is 62.9 Å². The Labute approximate surface area is 145 Å². The van der Waals surface area contributed by atoms with E-state index in [4.69, 9.17) is 9.83 Å². The van der Waals surface area contributed by atoms with Gasteiger partial charge >= 0.3 is 0 Å². The highest BCUT2D eigenvalue weighted by molar-refractivity contribution is 8.03. The van der Waals surface area contributed by atoms with Gasteiger partial charge in [-0.05, 0) is 43.7 Å². The maximum atomic E-state index is 6.08. The molecule has 0 bridgehead atoms. The normalized spacial score (nSPS) is 15.2. The topological polar surface area (TPSA) is 42.0 Å². The third kappa shape index (κ3) is 2.53. The van der Waals surface area contributed by atoms with E-state index in [9.17, 15) is 0 Å². The van der Waals surface area contributed by atoms with Gasteiger partial charge in [0, 0.05) is 29.1 Å². The first-order valence-electron chi connectivity index (χ1n) is 8.05. The molecule has 0 unspecified atom stereocenters. The van der Waals surface area contributed by atoms with Crippen LogP contribution in [-0.2, 0) is 0 Å². The summed E-state index contributed by atoms with van der Waals surface area (Å²) in [4.78, 5) is 3.60. The fourth-order valence-corrected chi connectivity index (χ4v) is 4.24.